The Hall–Kier alpha value is -4.01. The summed E-state index contributed by atoms with van der Waals surface area (Å²) in [6.07, 6.45) is -0.226. The Morgan fingerprint density at radius 1 is 0.941 bits per heavy atom. The number of benzene rings is 2. The van der Waals surface area contributed by atoms with E-state index in [1.807, 2.05) is 6.07 Å². The second kappa shape index (κ2) is 12.9. The van der Waals surface area contributed by atoms with Crippen LogP contribution in [0.2, 0.25) is 0 Å². The molecule has 3 N–H and O–H groups in total. The van der Waals surface area contributed by atoms with Gasteiger partial charge in [0.2, 0.25) is 11.8 Å². The summed E-state index contributed by atoms with van der Waals surface area (Å²) in [5, 5.41) is 14.0. The number of rotatable bonds is 12. The van der Waals surface area contributed by atoms with E-state index in [9.17, 15) is 24.0 Å². The van der Waals surface area contributed by atoms with Gasteiger partial charge >= 0.3 is 5.97 Å². The number of aliphatic carboxylic acids is 1. The van der Waals surface area contributed by atoms with Crippen LogP contribution in [0, 0.1) is 5.92 Å². The minimum atomic E-state index is -1.24. The van der Waals surface area contributed by atoms with Crippen molar-refractivity contribution in [3.05, 3.63) is 71.8 Å². The summed E-state index contributed by atoms with van der Waals surface area (Å²) in [7, 11) is 0. The first-order valence-electron chi connectivity index (χ1n) is 10.9. The van der Waals surface area contributed by atoms with Crippen LogP contribution in [0.25, 0.3) is 0 Å². The van der Waals surface area contributed by atoms with Crippen molar-refractivity contribution in [1.82, 2.24) is 15.5 Å². The van der Waals surface area contributed by atoms with Gasteiger partial charge in [0, 0.05) is 12.1 Å². The number of carbonyl (C=O) groups is 5. The number of aldehydes is 1. The van der Waals surface area contributed by atoms with Gasteiger partial charge in [-0.15, -0.1) is 0 Å². The van der Waals surface area contributed by atoms with Gasteiger partial charge in [0.05, 0.1) is 19.0 Å². The molecule has 9 heteroatoms. The molecule has 2 aromatic rings. The molecule has 0 saturated heterocycles. The molecule has 0 heterocycles. The zero-order valence-electron chi connectivity index (χ0n) is 19.1. The molecule has 0 bridgehead atoms. The third kappa shape index (κ3) is 8.16. The zero-order chi connectivity index (χ0) is 25.1. The Balaban J connectivity index is 2.23. The number of carboxylic acid groups (broad SMARTS) is 1. The molecule has 2 aromatic carbocycles. The predicted molar refractivity (Wildman–Crippen MR) is 125 cm³/mol. The lowest BCUT2D eigenvalue weighted by Gasteiger charge is -2.30. The van der Waals surface area contributed by atoms with Crippen LogP contribution in [-0.4, -0.2) is 58.6 Å². The summed E-state index contributed by atoms with van der Waals surface area (Å²) >= 11 is 0. The molecular weight excluding hydrogens is 438 g/mol. The summed E-state index contributed by atoms with van der Waals surface area (Å²) in [5.41, 5.74) is 1.16. The molecule has 2 rings (SSSR count). The van der Waals surface area contributed by atoms with Crippen molar-refractivity contribution in [2.75, 3.05) is 6.54 Å². The first kappa shape index (κ1) is 26.2. The summed E-state index contributed by atoms with van der Waals surface area (Å²) in [6.45, 7) is 3.23. The Kier molecular flexibility index (Phi) is 9.94. The molecule has 0 saturated carbocycles. The first-order valence-corrected chi connectivity index (χ1v) is 10.9. The fourth-order valence-electron chi connectivity index (χ4n) is 3.29. The van der Waals surface area contributed by atoms with Gasteiger partial charge in [0.1, 0.15) is 12.3 Å². The molecule has 0 aromatic heterocycles. The lowest BCUT2D eigenvalue weighted by atomic mass is 10.0. The smallest absolute Gasteiger partial charge is 0.305 e. The van der Waals surface area contributed by atoms with Crippen molar-refractivity contribution >= 4 is 30.0 Å². The van der Waals surface area contributed by atoms with Crippen LogP contribution in [0.4, 0.5) is 0 Å². The fraction of sp³-hybridized carbons (Fsp3) is 0.320. The van der Waals surface area contributed by atoms with Gasteiger partial charge in [0.25, 0.3) is 5.91 Å². The highest BCUT2D eigenvalue weighted by Gasteiger charge is 2.30. The minimum Gasteiger partial charge on any atom is -0.481 e. The maximum atomic E-state index is 13.5. The monoisotopic (exact) mass is 467 g/mol. The highest BCUT2D eigenvalue weighted by molar-refractivity contribution is 5.98. The Morgan fingerprint density at radius 2 is 1.53 bits per heavy atom. The van der Waals surface area contributed by atoms with Gasteiger partial charge in [-0.1, -0.05) is 62.4 Å². The molecule has 0 aliphatic rings. The number of amides is 3. The van der Waals surface area contributed by atoms with E-state index >= 15 is 0 Å². The van der Waals surface area contributed by atoms with E-state index < -0.39 is 48.7 Å². The molecule has 0 aliphatic heterocycles. The van der Waals surface area contributed by atoms with E-state index in [4.69, 9.17) is 5.11 Å². The van der Waals surface area contributed by atoms with Crippen LogP contribution < -0.4 is 10.6 Å². The highest BCUT2D eigenvalue weighted by Crippen LogP contribution is 2.12. The molecule has 34 heavy (non-hydrogen) atoms. The van der Waals surface area contributed by atoms with Crippen molar-refractivity contribution in [2.24, 2.45) is 5.92 Å². The molecule has 0 spiro atoms. The van der Waals surface area contributed by atoms with Gasteiger partial charge < -0.3 is 25.4 Å². The maximum Gasteiger partial charge on any atom is 0.305 e. The molecule has 0 fully saturated rings. The maximum absolute atomic E-state index is 13.5. The molecule has 0 radical (unpaired) electrons. The highest BCUT2D eigenvalue weighted by atomic mass is 16.4. The lowest BCUT2D eigenvalue weighted by Crippen LogP contribution is -2.53. The standard InChI is InChI=1S/C25H29N3O6/c1-17(2)23(27-24(33)19-11-7-4-8-12-19)25(34)28(14-18-9-5-3-6-10-18)15-21(30)26-20(16-29)13-22(31)32/h3-12,16-17,20,23H,13-15H2,1-2H3,(H,26,30)(H,27,33)(H,31,32)/t20?,23-/m0/s1. The summed E-state index contributed by atoms with van der Waals surface area (Å²) in [6, 6.07) is 15.4. The van der Waals surface area contributed by atoms with Gasteiger partial charge in [0.15, 0.2) is 0 Å². The predicted octanol–water partition coefficient (Wildman–Crippen LogP) is 1.63. The van der Waals surface area contributed by atoms with Crippen molar-refractivity contribution in [3.63, 3.8) is 0 Å². The SMILES string of the molecule is CC(C)[C@H](NC(=O)c1ccccc1)C(=O)N(CC(=O)NC(C=O)CC(=O)O)Cc1ccccc1. The van der Waals surface area contributed by atoms with Crippen LogP contribution in [0.3, 0.4) is 0 Å². The van der Waals surface area contributed by atoms with Crippen LogP contribution in [0.5, 0.6) is 0 Å². The number of hydrogen-bond acceptors (Lipinski definition) is 5. The number of nitrogens with zero attached hydrogens (tertiary/aromatic N) is 1. The normalized spacial score (nSPS) is 12.3. The van der Waals surface area contributed by atoms with Crippen molar-refractivity contribution < 1.29 is 29.1 Å². The molecular formula is C25H29N3O6. The quantitative estimate of drug-likeness (QED) is 0.407. The Bertz CT molecular complexity index is 994. The van der Waals surface area contributed by atoms with Crippen LogP contribution in [0.15, 0.2) is 60.7 Å². The molecule has 2 atom stereocenters. The molecule has 1 unspecified atom stereocenters. The van der Waals surface area contributed by atoms with Crippen LogP contribution >= 0.6 is 0 Å². The third-order valence-electron chi connectivity index (χ3n) is 5.02. The number of hydrogen-bond donors (Lipinski definition) is 3. The summed E-state index contributed by atoms with van der Waals surface area (Å²) in [5.74, 6) is -3.09. The van der Waals surface area contributed by atoms with Crippen molar-refractivity contribution in [1.29, 1.82) is 0 Å². The molecule has 180 valence electrons. The molecule has 3 amide bonds. The van der Waals surface area contributed by atoms with E-state index in [2.05, 4.69) is 10.6 Å². The van der Waals surface area contributed by atoms with E-state index in [0.717, 1.165) is 5.56 Å². The average molecular weight is 468 g/mol. The average Bonchev–Trinajstić information content (AvgIpc) is 2.81. The number of carboxylic acids is 1. The number of nitrogens with one attached hydrogen (secondary N) is 2. The largest absolute Gasteiger partial charge is 0.481 e. The van der Waals surface area contributed by atoms with Gasteiger partial charge in [-0.3, -0.25) is 19.2 Å². The Labute approximate surface area is 198 Å². The zero-order valence-corrected chi connectivity index (χ0v) is 19.1. The fourth-order valence-corrected chi connectivity index (χ4v) is 3.29. The van der Waals surface area contributed by atoms with Crippen molar-refractivity contribution in [2.45, 2.75) is 38.9 Å². The Morgan fingerprint density at radius 3 is 2.06 bits per heavy atom. The van der Waals surface area contributed by atoms with E-state index in [1.165, 1.54) is 4.90 Å². The molecule has 0 aliphatic carbocycles. The van der Waals surface area contributed by atoms with Gasteiger partial charge in [-0.2, -0.15) is 0 Å². The van der Waals surface area contributed by atoms with Gasteiger partial charge in [-0.25, -0.2) is 0 Å². The number of carbonyl (C=O) groups excluding carboxylic acids is 4. The van der Waals surface area contributed by atoms with Crippen molar-refractivity contribution in [3.8, 4) is 0 Å². The minimum absolute atomic E-state index is 0.0855. The van der Waals surface area contributed by atoms with Crippen LogP contribution in [-0.2, 0) is 25.7 Å². The van der Waals surface area contributed by atoms with E-state index in [1.54, 1.807) is 68.4 Å². The third-order valence-corrected chi connectivity index (χ3v) is 5.02. The lowest BCUT2D eigenvalue weighted by molar-refractivity contribution is -0.141. The summed E-state index contributed by atoms with van der Waals surface area (Å²) in [4.78, 5) is 62.1. The van der Waals surface area contributed by atoms with E-state index in [0.29, 0.717) is 11.8 Å². The second-order valence-corrected chi connectivity index (χ2v) is 8.15. The van der Waals surface area contributed by atoms with Crippen LogP contribution in [0.1, 0.15) is 36.2 Å². The van der Waals surface area contributed by atoms with E-state index in [-0.39, 0.29) is 12.5 Å². The summed E-state index contributed by atoms with van der Waals surface area (Å²) < 4.78 is 0. The first-order chi connectivity index (χ1) is 16.2. The molecule has 9 nitrogen and oxygen atoms in total. The second-order valence-electron chi connectivity index (χ2n) is 8.15. The van der Waals surface area contributed by atoms with Gasteiger partial charge in [-0.05, 0) is 23.6 Å². The topological polar surface area (TPSA) is 133 Å².